The minimum absolute atomic E-state index is 0.00471. The van der Waals surface area contributed by atoms with Crippen LogP contribution in [0.5, 0.6) is 0 Å². The highest BCUT2D eigenvalue weighted by molar-refractivity contribution is 6.31. The minimum Gasteiger partial charge on any atom is -0.378 e. The molecule has 0 spiro atoms. The van der Waals surface area contributed by atoms with Gasteiger partial charge in [-0.25, -0.2) is 0 Å². The van der Waals surface area contributed by atoms with Gasteiger partial charge < -0.3 is 19.9 Å². The average molecular weight is 409 g/mol. The van der Waals surface area contributed by atoms with Gasteiger partial charge in [-0.3, -0.25) is 14.5 Å². The van der Waals surface area contributed by atoms with Crippen molar-refractivity contribution in [1.29, 1.82) is 0 Å². The molecule has 0 unspecified atom stereocenters. The van der Waals surface area contributed by atoms with Gasteiger partial charge in [-0.2, -0.15) is 0 Å². The predicted octanol–water partition coefficient (Wildman–Crippen LogP) is 0.994. The average Bonchev–Trinajstić information content (AvgIpc) is 2.73. The molecule has 28 heavy (non-hydrogen) atoms. The molecular weight excluding hydrogens is 380 g/mol. The van der Waals surface area contributed by atoms with E-state index in [2.05, 4.69) is 10.2 Å². The molecule has 0 bridgehead atoms. The predicted molar refractivity (Wildman–Crippen MR) is 108 cm³/mol. The van der Waals surface area contributed by atoms with Gasteiger partial charge in [-0.05, 0) is 18.6 Å². The van der Waals surface area contributed by atoms with Crippen LogP contribution in [0, 0.1) is 0 Å². The van der Waals surface area contributed by atoms with Gasteiger partial charge in [-0.1, -0.05) is 29.8 Å². The van der Waals surface area contributed by atoms with E-state index in [0.717, 1.165) is 18.7 Å². The second kappa shape index (κ2) is 10.2. The molecule has 2 aliphatic heterocycles. The van der Waals surface area contributed by atoms with Crippen molar-refractivity contribution in [3.63, 3.8) is 0 Å². The van der Waals surface area contributed by atoms with Crippen LogP contribution in [0.15, 0.2) is 24.3 Å². The van der Waals surface area contributed by atoms with Crippen LogP contribution in [0.2, 0.25) is 5.02 Å². The highest BCUT2D eigenvalue weighted by Crippen LogP contribution is 2.21. The monoisotopic (exact) mass is 408 g/mol. The number of carbonyl (C=O) groups excluding carboxylic acids is 2. The number of nitrogens with one attached hydrogen (secondary N) is 1. The highest BCUT2D eigenvalue weighted by atomic mass is 35.5. The molecule has 0 saturated carbocycles. The number of morpholine rings is 1. The molecule has 8 heteroatoms. The van der Waals surface area contributed by atoms with Crippen molar-refractivity contribution in [2.75, 3.05) is 65.6 Å². The van der Waals surface area contributed by atoms with E-state index in [9.17, 15) is 9.59 Å². The maximum atomic E-state index is 12.5. The van der Waals surface area contributed by atoms with Crippen LogP contribution in [0.25, 0.3) is 0 Å². The van der Waals surface area contributed by atoms with E-state index in [1.54, 1.807) is 0 Å². The Morgan fingerprint density at radius 1 is 1.04 bits per heavy atom. The van der Waals surface area contributed by atoms with Crippen LogP contribution in [0.4, 0.5) is 0 Å². The zero-order valence-corrected chi connectivity index (χ0v) is 17.2. The largest absolute Gasteiger partial charge is 0.378 e. The third-order valence-electron chi connectivity index (χ3n) is 5.38. The number of hydrogen-bond acceptors (Lipinski definition) is 5. The van der Waals surface area contributed by atoms with Crippen molar-refractivity contribution in [3.8, 4) is 0 Å². The van der Waals surface area contributed by atoms with Crippen molar-refractivity contribution in [3.05, 3.63) is 34.9 Å². The van der Waals surface area contributed by atoms with Crippen molar-refractivity contribution >= 4 is 23.4 Å². The second-order valence-electron chi connectivity index (χ2n) is 7.27. The first-order chi connectivity index (χ1) is 13.5. The first-order valence-electron chi connectivity index (χ1n) is 9.88. The van der Waals surface area contributed by atoms with E-state index in [1.807, 2.05) is 41.0 Å². The molecule has 0 radical (unpaired) electrons. The van der Waals surface area contributed by atoms with Gasteiger partial charge in [0.25, 0.3) is 0 Å². The van der Waals surface area contributed by atoms with Crippen LogP contribution in [-0.2, 0) is 14.3 Å². The van der Waals surface area contributed by atoms with Gasteiger partial charge in [0, 0.05) is 50.3 Å². The zero-order valence-electron chi connectivity index (χ0n) is 16.4. The Balaban J connectivity index is 1.39. The SMILES string of the molecule is C[C@H](NCC(=O)N1CCN(CC(=O)N2CCOCC2)CC1)c1ccccc1Cl. The van der Waals surface area contributed by atoms with Gasteiger partial charge >= 0.3 is 0 Å². The van der Waals surface area contributed by atoms with Gasteiger partial charge in [0.15, 0.2) is 0 Å². The molecule has 2 fully saturated rings. The fourth-order valence-corrected chi connectivity index (χ4v) is 3.85. The smallest absolute Gasteiger partial charge is 0.236 e. The Bertz CT molecular complexity index is 673. The molecule has 1 aromatic rings. The van der Waals surface area contributed by atoms with Crippen LogP contribution < -0.4 is 5.32 Å². The molecule has 154 valence electrons. The van der Waals surface area contributed by atoms with Crippen LogP contribution >= 0.6 is 11.6 Å². The summed E-state index contributed by atoms with van der Waals surface area (Å²) in [5.41, 5.74) is 0.989. The molecular formula is C20H29ClN4O3. The van der Waals surface area contributed by atoms with Crippen molar-refractivity contribution in [2.24, 2.45) is 0 Å². The molecule has 2 aliphatic rings. The number of carbonyl (C=O) groups is 2. The number of ether oxygens (including phenoxy) is 1. The lowest BCUT2D eigenvalue weighted by Gasteiger charge is -2.36. The maximum absolute atomic E-state index is 12.5. The number of rotatable bonds is 6. The first-order valence-corrected chi connectivity index (χ1v) is 10.3. The molecule has 2 amide bonds. The summed E-state index contributed by atoms with van der Waals surface area (Å²) in [6, 6.07) is 7.67. The topological polar surface area (TPSA) is 65.1 Å². The summed E-state index contributed by atoms with van der Waals surface area (Å²) in [5, 5.41) is 3.96. The van der Waals surface area contributed by atoms with E-state index in [0.29, 0.717) is 51.0 Å². The Morgan fingerprint density at radius 2 is 1.68 bits per heavy atom. The van der Waals surface area contributed by atoms with Crippen molar-refractivity contribution in [2.45, 2.75) is 13.0 Å². The number of benzene rings is 1. The van der Waals surface area contributed by atoms with E-state index in [4.69, 9.17) is 16.3 Å². The molecule has 0 aromatic heterocycles. The summed E-state index contributed by atoms with van der Waals surface area (Å²) >= 11 is 6.22. The van der Waals surface area contributed by atoms with Gasteiger partial charge in [-0.15, -0.1) is 0 Å². The summed E-state index contributed by atoms with van der Waals surface area (Å²) in [4.78, 5) is 30.7. The molecule has 7 nitrogen and oxygen atoms in total. The fourth-order valence-electron chi connectivity index (χ4n) is 3.55. The van der Waals surface area contributed by atoms with E-state index in [-0.39, 0.29) is 24.4 Å². The molecule has 3 rings (SSSR count). The minimum atomic E-state index is 0.00471. The number of piperazine rings is 1. The lowest BCUT2D eigenvalue weighted by Crippen LogP contribution is -2.53. The molecule has 2 saturated heterocycles. The van der Waals surface area contributed by atoms with E-state index in [1.165, 1.54) is 0 Å². The number of nitrogens with zero attached hydrogens (tertiary/aromatic N) is 3. The molecule has 1 aromatic carbocycles. The van der Waals surface area contributed by atoms with Gasteiger partial charge in [0.2, 0.25) is 11.8 Å². The van der Waals surface area contributed by atoms with Crippen molar-refractivity contribution < 1.29 is 14.3 Å². The normalized spacial score (nSPS) is 19.5. The Hall–Kier alpha value is -1.67. The Kier molecular flexibility index (Phi) is 7.67. The second-order valence-corrected chi connectivity index (χ2v) is 7.68. The highest BCUT2D eigenvalue weighted by Gasteiger charge is 2.25. The van der Waals surface area contributed by atoms with Crippen LogP contribution in [0.1, 0.15) is 18.5 Å². The summed E-state index contributed by atoms with van der Waals surface area (Å²) in [7, 11) is 0. The number of hydrogen-bond donors (Lipinski definition) is 1. The lowest BCUT2D eigenvalue weighted by molar-refractivity contribution is -0.137. The Morgan fingerprint density at radius 3 is 2.36 bits per heavy atom. The molecule has 2 heterocycles. The summed E-state index contributed by atoms with van der Waals surface area (Å²) < 4.78 is 5.29. The van der Waals surface area contributed by atoms with Crippen LogP contribution in [-0.4, -0.2) is 92.1 Å². The van der Waals surface area contributed by atoms with Gasteiger partial charge in [0.05, 0.1) is 26.3 Å². The van der Waals surface area contributed by atoms with E-state index < -0.39 is 0 Å². The maximum Gasteiger partial charge on any atom is 0.236 e. The summed E-state index contributed by atoms with van der Waals surface area (Å²) in [6.07, 6.45) is 0. The zero-order chi connectivity index (χ0) is 19.9. The van der Waals surface area contributed by atoms with Crippen molar-refractivity contribution in [1.82, 2.24) is 20.0 Å². The fraction of sp³-hybridized carbons (Fsp3) is 0.600. The molecule has 0 aliphatic carbocycles. The van der Waals surface area contributed by atoms with Gasteiger partial charge in [0.1, 0.15) is 0 Å². The quantitative estimate of drug-likeness (QED) is 0.760. The molecule has 1 N–H and O–H groups in total. The third-order valence-corrected chi connectivity index (χ3v) is 5.72. The third kappa shape index (κ3) is 5.67. The van der Waals surface area contributed by atoms with Crippen LogP contribution in [0.3, 0.4) is 0 Å². The summed E-state index contributed by atoms with van der Waals surface area (Å²) in [5.74, 6) is 0.233. The number of halogens is 1. The summed E-state index contributed by atoms with van der Waals surface area (Å²) in [6.45, 7) is 8.03. The number of amides is 2. The Labute approximate surface area is 171 Å². The first kappa shape index (κ1) is 21.0. The standard InChI is InChI=1S/C20H29ClN4O3/c1-16(17-4-2-3-5-18(17)21)22-14-19(26)24-8-6-23(7-9-24)15-20(27)25-10-12-28-13-11-25/h2-5,16,22H,6-15H2,1H3/t16-/m0/s1. The lowest BCUT2D eigenvalue weighted by atomic mass is 10.1. The van der Waals surface area contributed by atoms with E-state index >= 15 is 0 Å². The molecule has 1 atom stereocenters.